The Morgan fingerprint density at radius 1 is 0.889 bits per heavy atom. The van der Waals surface area contributed by atoms with Crippen molar-refractivity contribution in [2.24, 2.45) is 0 Å². The molecule has 9 heteroatoms. The van der Waals surface area contributed by atoms with Crippen molar-refractivity contribution in [1.82, 2.24) is 4.98 Å². The number of amides is 2. The third kappa shape index (κ3) is 3.98. The van der Waals surface area contributed by atoms with Crippen LogP contribution in [0, 0.1) is 0 Å². The normalized spacial score (nSPS) is 10.4. The van der Waals surface area contributed by atoms with Crippen LogP contribution in [0.1, 0.15) is 0 Å². The first-order chi connectivity index (χ1) is 13.1. The summed E-state index contributed by atoms with van der Waals surface area (Å²) in [7, 11) is 6.21. The van der Waals surface area contributed by atoms with Gasteiger partial charge < -0.3 is 24.3 Å². The fraction of sp³-hybridized carbons (Fsp3) is 0.222. The van der Waals surface area contributed by atoms with Crippen LogP contribution in [0.15, 0.2) is 30.3 Å². The molecule has 0 unspecified atom stereocenters. The summed E-state index contributed by atoms with van der Waals surface area (Å²) in [6.07, 6.45) is 0. The predicted molar refractivity (Wildman–Crippen MR) is 105 cm³/mol. The van der Waals surface area contributed by atoms with E-state index in [-0.39, 0.29) is 0 Å². The first-order valence-corrected chi connectivity index (χ1v) is 8.72. The van der Waals surface area contributed by atoms with Gasteiger partial charge in [0.1, 0.15) is 11.5 Å². The molecule has 2 aromatic carbocycles. The van der Waals surface area contributed by atoms with Crippen LogP contribution in [0.2, 0.25) is 0 Å². The number of anilines is 2. The van der Waals surface area contributed by atoms with Gasteiger partial charge in [-0.1, -0.05) is 11.3 Å². The minimum Gasteiger partial charge on any atom is -0.497 e. The quantitative estimate of drug-likeness (QED) is 0.663. The van der Waals surface area contributed by atoms with Gasteiger partial charge in [0.2, 0.25) is 0 Å². The molecule has 1 heterocycles. The monoisotopic (exact) mass is 389 g/mol. The summed E-state index contributed by atoms with van der Waals surface area (Å²) in [5.74, 6) is 2.30. The van der Waals surface area contributed by atoms with Crippen LogP contribution in [0.5, 0.6) is 23.0 Å². The number of carbonyl (C=O) groups excluding carboxylic acids is 1. The zero-order valence-corrected chi connectivity index (χ0v) is 16.1. The average molecular weight is 389 g/mol. The molecule has 0 radical (unpaired) electrons. The molecule has 0 saturated carbocycles. The molecule has 0 spiro atoms. The van der Waals surface area contributed by atoms with Crippen LogP contribution in [0.3, 0.4) is 0 Å². The zero-order chi connectivity index (χ0) is 19.4. The van der Waals surface area contributed by atoms with Crippen LogP contribution < -0.4 is 29.6 Å². The maximum absolute atomic E-state index is 12.3. The van der Waals surface area contributed by atoms with E-state index in [0.717, 1.165) is 4.70 Å². The van der Waals surface area contributed by atoms with Gasteiger partial charge in [0.25, 0.3) is 0 Å². The highest BCUT2D eigenvalue weighted by Gasteiger charge is 2.14. The van der Waals surface area contributed by atoms with Gasteiger partial charge >= 0.3 is 6.03 Å². The molecule has 2 amide bonds. The highest BCUT2D eigenvalue weighted by Crippen LogP contribution is 2.36. The van der Waals surface area contributed by atoms with Gasteiger partial charge in [-0.2, -0.15) is 0 Å². The lowest BCUT2D eigenvalue weighted by molar-refractivity contribution is 0.262. The number of benzene rings is 2. The summed E-state index contributed by atoms with van der Waals surface area (Å²) in [4.78, 5) is 16.7. The second-order valence-corrected chi connectivity index (χ2v) is 6.37. The van der Waals surface area contributed by atoms with Crippen molar-refractivity contribution in [2.75, 3.05) is 39.1 Å². The van der Waals surface area contributed by atoms with E-state index in [2.05, 4.69) is 15.6 Å². The van der Waals surface area contributed by atoms with Crippen LogP contribution in [-0.2, 0) is 0 Å². The van der Waals surface area contributed by atoms with Gasteiger partial charge in [-0.15, -0.1) is 0 Å². The fourth-order valence-electron chi connectivity index (χ4n) is 2.46. The molecule has 27 heavy (non-hydrogen) atoms. The topological polar surface area (TPSA) is 90.9 Å². The molecule has 0 fully saturated rings. The smallest absolute Gasteiger partial charge is 0.325 e. The number of rotatable bonds is 6. The van der Waals surface area contributed by atoms with Crippen molar-refractivity contribution < 1.29 is 23.7 Å². The molecule has 0 saturated heterocycles. The number of fused-ring (bicyclic) bond motifs is 1. The van der Waals surface area contributed by atoms with E-state index in [1.54, 1.807) is 45.6 Å². The van der Waals surface area contributed by atoms with E-state index in [1.165, 1.54) is 18.4 Å². The van der Waals surface area contributed by atoms with Gasteiger partial charge in [-0.3, -0.25) is 5.32 Å². The Balaban J connectivity index is 1.78. The lowest BCUT2D eigenvalue weighted by Gasteiger charge is -2.11. The van der Waals surface area contributed by atoms with Gasteiger partial charge in [0, 0.05) is 18.2 Å². The molecular formula is C18H19N3O5S. The van der Waals surface area contributed by atoms with Crippen LogP contribution in [0.4, 0.5) is 15.6 Å². The van der Waals surface area contributed by atoms with Crippen molar-refractivity contribution in [3.63, 3.8) is 0 Å². The molecule has 1 aromatic heterocycles. The third-order valence-corrected chi connectivity index (χ3v) is 4.70. The Hall–Kier alpha value is -3.20. The first-order valence-electron chi connectivity index (χ1n) is 7.90. The highest BCUT2D eigenvalue weighted by molar-refractivity contribution is 7.22. The van der Waals surface area contributed by atoms with E-state index < -0.39 is 6.03 Å². The summed E-state index contributed by atoms with van der Waals surface area (Å²) >= 11 is 1.33. The summed E-state index contributed by atoms with van der Waals surface area (Å²) in [6, 6.07) is 8.27. The molecule has 2 N–H and O–H groups in total. The summed E-state index contributed by atoms with van der Waals surface area (Å²) in [5.41, 5.74) is 1.22. The maximum Gasteiger partial charge on any atom is 0.325 e. The number of hydrogen-bond acceptors (Lipinski definition) is 7. The molecule has 142 valence electrons. The maximum atomic E-state index is 12.3. The Kier molecular flexibility index (Phi) is 5.51. The number of ether oxygens (including phenoxy) is 4. The molecule has 0 aliphatic carbocycles. The highest BCUT2D eigenvalue weighted by atomic mass is 32.1. The van der Waals surface area contributed by atoms with E-state index in [0.29, 0.717) is 39.3 Å². The average Bonchev–Trinajstić information content (AvgIpc) is 3.07. The summed E-state index contributed by atoms with van der Waals surface area (Å²) in [6.45, 7) is 0. The Morgan fingerprint density at radius 2 is 1.59 bits per heavy atom. The SMILES string of the molecule is COc1ccc(NC(=O)Nc2nc3cc(OC)c(OC)cc3s2)c(OC)c1. The number of urea groups is 1. The van der Waals surface area contributed by atoms with Crippen LogP contribution in [-0.4, -0.2) is 39.5 Å². The summed E-state index contributed by atoms with van der Waals surface area (Å²) < 4.78 is 21.8. The Labute approximate surface area is 160 Å². The molecular weight excluding hydrogens is 370 g/mol. The standard InChI is InChI=1S/C18H19N3O5S/c1-23-10-5-6-11(13(7-10)24-2)19-17(22)21-18-20-12-8-14(25-3)15(26-4)9-16(12)27-18/h5-9H,1-4H3,(H2,19,20,21,22). The predicted octanol–water partition coefficient (Wildman–Crippen LogP) is 3.97. The third-order valence-electron chi connectivity index (χ3n) is 3.77. The lowest BCUT2D eigenvalue weighted by atomic mass is 10.2. The van der Waals surface area contributed by atoms with Gasteiger partial charge in [0.15, 0.2) is 16.6 Å². The van der Waals surface area contributed by atoms with Gasteiger partial charge in [-0.25, -0.2) is 9.78 Å². The number of thiazole rings is 1. The molecule has 0 aliphatic heterocycles. The van der Waals surface area contributed by atoms with Crippen molar-refractivity contribution >= 4 is 38.4 Å². The van der Waals surface area contributed by atoms with Gasteiger partial charge in [-0.05, 0) is 12.1 Å². The number of nitrogens with one attached hydrogen (secondary N) is 2. The largest absolute Gasteiger partial charge is 0.497 e. The number of carbonyl (C=O) groups is 1. The van der Waals surface area contributed by atoms with E-state index in [4.69, 9.17) is 18.9 Å². The van der Waals surface area contributed by atoms with E-state index in [9.17, 15) is 4.79 Å². The molecule has 8 nitrogen and oxygen atoms in total. The first kappa shape index (κ1) is 18.6. The number of hydrogen-bond donors (Lipinski definition) is 2. The molecule has 3 rings (SSSR count). The molecule has 0 bridgehead atoms. The van der Waals surface area contributed by atoms with E-state index in [1.807, 2.05) is 6.07 Å². The zero-order valence-electron chi connectivity index (χ0n) is 15.3. The van der Waals surface area contributed by atoms with Crippen molar-refractivity contribution in [1.29, 1.82) is 0 Å². The molecule has 0 atom stereocenters. The number of methoxy groups -OCH3 is 4. The van der Waals surface area contributed by atoms with Crippen LogP contribution in [0.25, 0.3) is 10.2 Å². The lowest BCUT2D eigenvalue weighted by Crippen LogP contribution is -2.19. The number of nitrogens with zero attached hydrogens (tertiary/aromatic N) is 1. The van der Waals surface area contributed by atoms with E-state index >= 15 is 0 Å². The molecule has 3 aromatic rings. The molecule has 0 aliphatic rings. The van der Waals surface area contributed by atoms with Crippen molar-refractivity contribution in [3.05, 3.63) is 30.3 Å². The van der Waals surface area contributed by atoms with Crippen LogP contribution >= 0.6 is 11.3 Å². The second kappa shape index (κ2) is 8.00. The van der Waals surface area contributed by atoms with Crippen molar-refractivity contribution in [3.8, 4) is 23.0 Å². The fourth-order valence-corrected chi connectivity index (χ4v) is 3.33. The Morgan fingerprint density at radius 3 is 2.26 bits per heavy atom. The Bertz CT molecular complexity index is 932. The minimum absolute atomic E-state index is 0.434. The van der Waals surface area contributed by atoms with Gasteiger partial charge in [0.05, 0.1) is 44.3 Å². The second-order valence-electron chi connectivity index (χ2n) is 5.34. The minimum atomic E-state index is -0.434. The number of aromatic nitrogens is 1. The van der Waals surface area contributed by atoms with Crippen molar-refractivity contribution in [2.45, 2.75) is 0 Å². The summed E-state index contributed by atoms with van der Waals surface area (Å²) in [5, 5.41) is 5.91.